The van der Waals surface area contributed by atoms with Gasteiger partial charge in [0.15, 0.2) is 5.60 Å². The second kappa shape index (κ2) is 8.99. The fourth-order valence-electron chi connectivity index (χ4n) is 6.90. The summed E-state index contributed by atoms with van der Waals surface area (Å²) in [5, 5.41) is 22.4. The van der Waals surface area contributed by atoms with Crippen LogP contribution in [0.15, 0.2) is 29.1 Å². The molecular formula is C30H33N3O6. The number of aliphatic carboxylic acids is 1. The first-order valence-corrected chi connectivity index (χ1v) is 13.7. The number of cyclic esters (lactones) is 1. The van der Waals surface area contributed by atoms with E-state index in [1.165, 1.54) is 0 Å². The van der Waals surface area contributed by atoms with Crippen LogP contribution in [0.4, 0.5) is 0 Å². The molecule has 0 spiro atoms. The van der Waals surface area contributed by atoms with Gasteiger partial charge in [-0.05, 0) is 80.3 Å². The van der Waals surface area contributed by atoms with Gasteiger partial charge in [-0.25, -0.2) is 9.78 Å². The van der Waals surface area contributed by atoms with E-state index in [1.807, 2.05) is 25.1 Å². The van der Waals surface area contributed by atoms with Crippen molar-refractivity contribution in [2.75, 3.05) is 6.54 Å². The van der Waals surface area contributed by atoms with Crippen molar-refractivity contribution in [3.63, 3.8) is 0 Å². The summed E-state index contributed by atoms with van der Waals surface area (Å²) < 4.78 is 6.81. The topological polar surface area (TPSA) is 145 Å². The first-order valence-electron chi connectivity index (χ1n) is 13.7. The second-order valence-corrected chi connectivity index (χ2v) is 11.2. The summed E-state index contributed by atoms with van der Waals surface area (Å²) in [5.74, 6) is -1.21. The summed E-state index contributed by atoms with van der Waals surface area (Å²) in [6.07, 6.45) is 3.40. The van der Waals surface area contributed by atoms with E-state index >= 15 is 0 Å². The lowest BCUT2D eigenvalue weighted by Crippen LogP contribution is -2.44. The van der Waals surface area contributed by atoms with E-state index in [2.05, 4.69) is 0 Å². The lowest BCUT2D eigenvalue weighted by Gasteiger charge is -2.37. The van der Waals surface area contributed by atoms with Crippen molar-refractivity contribution in [2.24, 2.45) is 11.7 Å². The van der Waals surface area contributed by atoms with Crippen molar-refractivity contribution in [1.29, 1.82) is 0 Å². The number of benzene rings is 1. The van der Waals surface area contributed by atoms with Gasteiger partial charge >= 0.3 is 11.9 Å². The molecule has 3 aliphatic rings. The minimum atomic E-state index is -1.88. The van der Waals surface area contributed by atoms with Crippen LogP contribution in [0.2, 0.25) is 0 Å². The highest BCUT2D eigenvalue weighted by molar-refractivity contribution is 5.91. The van der Waals surface area contributed by atoms with E-state index in [-0.39, 0.29) is 29.7 Å². The van der Waals surface area contributed by atoms with E-state index in [0.29, 0.717) is 55.2 Å². The molecule has 1 aromatic carbocycles. The van der Waals surface area contributed by atoms with Gasteiger partial charge in [-0.15, -0.1) is 0 Å². The highest BCUT2D eigenvalue weighted by Gasteiger charge is 2.46. The number of carboxylic acids is 1. The molecule has 4 N–H and O–H groups in total. The number of carbonyl (C=O) groups excluding carboxylic acids is 1. The molecule has 0 amide bonds. The molecule has 2 aliphatic heterocycles. The highest BCUT2D eigenvalue weighted by atomic mass is 16.6. The molecule has 0 unspecified atom stereocenters. The van der Waals surface area contributed by atoms with Crippen LogP contribution < -0.4 is 11.3 Å². The molecule has 9 heteroatoms. The van der Waals surface area contributed by atoms with Crippen LogP contribution in [0, 0.1) is 5.92 Å². The molecule has 0 bridgehead atoms. The predicted octanol–water partition coefficient (Wildman–Crippen LogP) is 3.11. The fourth-order valence-corrected chi connectivity index (χ4v) is 6.90. The van der Waals surface area contributed by atoms with Gasteiger partial charge in [0, 0.05) is 16.5 Å². The lowest BCUT2D eigenvalue weighted by atomic mass is 9.66. The van der Waals surface area contributed by atoms with Gasteiger partial charge in [0.05, 0.1) is 34.4 Å². The van der Waals surface area contributed by atoms with Crippen LogP contribution in [-0.2, 0) is 44.9 Å². The number of aliphatic hydroxyl groups is 1. The summed E-state index contributed by atoms with van der Waals surface area (Å²) in [6.45, 7) is 4.44. The molecule has 1 atom stereocenters. The summed E-state index contributed by atoms with van der Waals surface area (Å²) in [7, 11) is 0. The van der Waals surface area contributed by atoms with Gasteiger partial charge in [-0.2, -0.15) is 0 Å². The Balaban J connectivity index is 1.52. The van der Waals surface area contributed by atoms with Gasteiger partial charge in [0.2, 0.25) is 0 Å². The van der Waals surface area contributed by atoms with Crippen molar-refractivity contribution in [3.8, 4) is 11.4 Å². The van der Waals surface area contributed by atoms with Crippen LogP contribution >= 0.6 is 0 Å². The van der Waals surface area contributed by atoms with Crippen LogP contribution in [0.5, 0.6) is 0 Å². The Bertz CT molecular complexity index is 1600. The predicted molar refractivity (Wildman–Crippen MR) is 144 cm³/mol. The first kappa shape index (κ1) is 25.7. The summed E-state index contributed by atoms with van der Waals surface area (Å²) in [6, 6.07) is 7.45. The zero-order valence-corrected chi connectivity index (χ0v) is 22.2. The molecule has 1 fully saturated rings. The number of aryl methyl sites for hydroxylation is 1. The van der Waals surface area contributed by atoms with Crippen LogP contribution in [0.1, 0.15) is 73.8 Å². The lowest BCUT2D eigenvalue weighted by molar-refractivity contribution is -0.172. The maximum atomic E-state index is 13.6. The summed E-state index contributed by atoms with van der Waals surface area (Å²) >= 11 is 0. The molecule has 2 aromatic heterocycles. The van der Waals surface area contributed by atoms with Crippen molar-refractivity contribution in [2.45, 2.75) is 76.5 Å². The zero-order chi connectivity index (χ0) is 27.7. The van der Waals surface area contributed by atoms with Gasteiger partial charge in [-0.3, -0.25) is 9.59 Å². The van der Waals surface area contributed by atoms with E-state index in [4.69, 9.17) is 15.5 Å². The number of fused-ring (bicyclic) bond motifs is 5. The minimum Gasteiger partial charge on any atom is -0.481 e. The Morgan fingerprint density at radius 3 is 2.56 bits per heavy atom. The van der Waals surface area contributed by atoms with Crippen LogP contribution in [0.3, 0.4) is 0 Å². The number of pyridine rings is 2. The zero-order valence-electron chi connectivity index (χ0n) is 22.2. The van der Waals surface area contributed by atoms with Gasteiger partial charge in [-0.1, -0.05) is 19.9 Å². The number of nitrogens with two attached hydrogens (primary N) is 1. The maximum Gasteiger partial charge on any atom is 0.343 e. The molecule has 1 aliphatic carbocycles. The average Bonchev–Trinajstić information content (AvgIpc) is 3.32. The Morgan fingerprint density at radius 2 is 1.92 bits per heavy atom. The number of hydrogen-bond acceptors (Lipinski definition) is 7. The van der Waals surface area contributed by atoms with Crippen LogP contribution in [-0.4, -0.2) is 38.2 Å². The third-order valence-electron chi connectivity index (χ3n) is 9.41. The highest BCUT2D eigenvalue weighted by Crippen LogP contribution is 2.44. The van der Waals surface area contributed by atoms with E-state index in [0.717, 1.165) is 34.9 Å². The average molecular weight is 532 g/mol. The summed E-state index contributed by atoms with van der Waals surface area (Å²) in [4.78, 5) is 43.6. The van der Waals surface area contributed by atoms with Gasteiger partial charge in [0.1, 0.15) is 6.61 Å². The van der Waals surface area contributed by atoms with E-state index in [9.17, 15) is 24.6 Å². The third-order valence-corrected chi connectivity index (χ3v) is 9.41. The maximum absolute atomic E-state index is 13.6. The summed E-state index contributed by atoms with van der Waals surface area (Å²) in [5.41, 5.74) is 7.96. The monoisotopic (exact) mass is 531 g/mol. The Kier molecular flexibility index (Phi) is 5.93. The number of esters is 1. The standard InChI is InChI=1S/C30H33N3O6/c1-3-18-19-11-17(29(27(35)36)9-7-16(13-31)8-10-29)5-6-23(19)32-25-20(18)14-33-24(25)12-22-21(26(33)34)15-39-28(37)30(22,38)4-2/h5-6,11-12,16,38H,3-4,7-10,13-15,31H2,1-2H3,(H,35,36)/t16?,29?,30-/m0/s1. The number of carbonyl (C=O) groups is 2. The van der Waals surface area contributed by atoms with E-state index < -0.39 is 23.0 Å². The Morgan fingerprint density at radius 1 is 1.18 bits per heavy atom. The molecule has 3 aromatic rings. The molecule has 9 nitrogen and oxygen atoms in total. The van der Waals surface area contributed by atoms with Crippen molar-refractivity contribution in [3.05, 3.63) is 62.4 Å². The molecule has 0 saturated heterocycles. The molecule has 204 valence electrons. The van der Waals surface area contributed by atoms with Crippen molar-refractivity contribution >= 4 is 22.8 Å². The molecular weight excluding hydrogens is 498 g/mol. The molecule has 0 radical (unpaired) electrons. The minimum absolute atomic E-state index is 0.0834. The smallest absolute Gasteiger partial charge is 0.343 e. The van der Waals surface area contributed by atoms with E-state index in [1.54, 1.807) is 17.6 Å². The largest absolute Gasteiger partial charge is 0.481 e. The molecule has 4 heterocycles. The van der Waals surface area contributed by atoms with Crippen molar-refractivity contribution in [1.82, 2.24) is 9.55 Å². The van der Waals surface area contributed by atoms with Gasteiger partial charge in [0.25, 0.3) is 5.56 Å². The first-order chi connectivity index (χ1) is 18.7. The number of ether oxygens (including phenoxy) is 1. The fraction of sp³-hybridized carbons (Fsp3) is 0.467. The Hall–Kier alpha value is -3.56. The number of rotatable bonds is 5. The van der Waals surface area contributed by atoms with Crippen molar-refractivity contribution < 1.29 is 24.5 Å². The normalized spacial score (nSPS) is 25.6. The van der Waals surface area contributed by atoms with Gasteiger partial charge < -0.3 is 25.3 Å². The number of aromatic nitrogens is 2. The Labute approximate surface area is 225 Å². The number of nitrogens with zero attached hydrogens (tertiary/aromatic N) is 2. The SMILES string of the molecule is CCc1c2c(nc3ccc(C4(C(=O)O)CCC(CN)CC4)cc13)-c1cc3c(c(=O)n1C2)COC(=O)[C@]3(O)CC. The molecule has 39 heavy (non-hydrogen) atoms. The quantitative estimate of drug-likeness (QED) is 0.333. The molecule has 1 saturated carbocycles. The molecule has 6 rings (SSSR count). The number of hydrogen-bond donors (Lipinski definition) is 3. The second-order valence-electron chi connectivity index (χ2n) is 11.2. The third kappa shape index (κ3) is 3.52. The number of carboxylic acid groups (broad SMARTS) is 1. The van der Waals surface area contributed by atoms with Crippen LogP contribution in [0.25, 0.3) is 22.3 Å².